The minimum atomic E-state index is -4.93. The Labute approximate surface area is 299 Å². The molecule has 4 heterocycles. The molecule has 2 amide bonds. The van der Waals surface area contributed by atoms with Gasteiger partial charge in [-0.05, 0) is 67.5 Å². The van der Waals surface area contributed by atoms with E-state index < -0.39 is 69.8 Å². The molecule has 52 heavy (non-hydrogen) atoms. The average Bonchev–Trinajstić information content (AvgIpc) is 3.57. The molecule has 2 aliphatic heterocycles. The molecule has 3 aromatic rings. The van der Waals surface area contributed by atoms with Crippen LogP contribution in [0.25, 0.3) is 0 Å². The number of unbranched alkanes of at least 4 members (excludes halogenated alkanes) is 2. The van der Waals surface area contributed by atoms with Gasteiger partial charge in [0, 0.05) is 49.6 Å². The first-order valence-corrected chi connectivity index (χ1v) is 17.9. The number of aliphatic carboxylic acids is 1. The normalized spacial score (nSPS) is 20.8. The Bertz CT molecular complexity index is 1760. The summed E-state index contributed by atoms with van der Waals surface area (Å²) in [7, 11) is 0. The fraction of sp³-hybridized carbons (Fsp3) is 0.500. The Balaban J connectivity index is 1.63. The van der Waals surface area contributed by atoms with Crippen molar-refractivity contribution in [3.8, 4) is 5.75 Å². The van der Waals surface area contributed by atoms with Crippen molar-refractivity contribution in [1.82, 2.24) is 14.8 Å². The lowest BCUT2D eigenvalue weighted by molar-refractivity contribution is -0.163. The zero-order valence-corrected chi connectivity index (χ0v) is 29.1. The number of nitrogens with zero attached hydrogens (tertiary/aromatic N) is 3. The molecule has 2 aromatic heterocycles. The lowest BCUT2D eigenvalue weighted by Gasteiger charge is -2.51. The Morgan fingerprint density at radius 1 is 1.00 bits per heavy atom. The van der Waals surface area contributed by atoms with Gasteiger partial charge in [0.1, 0.15) is 22.1 Å². The minimum Gasteiger partial charge on any atom is -0.481 e. The first kappa shape index (κ1) is 39.0. The summed E-state index contributed by atoms with van der Waals surface area (Å²) >= 11 is 0.353. The van der Waals surface area contributed by atoms with E-state index in [-0.39, 0.29) is 57.4 Å². The molecule has 0 spiro atoms. The zero-order chi connectivity index (χ0) is 37.8. The Morgan fingerprint density at radius 2 is 1.77 bits per heavy atom. The monoisotopic (exact) mass is 757 g/mol. The number of amides is 2. The van der Waals surface area contributed by atoms with Crippen LogP contribution in [0.2, 0.25) is 0 Å². The molecule has 8 nitrogen and oxygen atoms in total. The van der Waals surface area contributed by atoms with Crippen LogP contribution in [0.1, 0.15) is 96.8 Å². The van der Waals surface area contributed by atoms with Crippen molar-refractivity contribution in [3.05, 3.63) is 81.1 Å². The molecule has 1 N–H and O–H groups in total. The highest BCUT2D eigenvalue weighted by Crippen LogP contribution is 2.44. The number of fused-ring (bicyclic) bond motifs is 1. The first-order valence-electron chi connectivity index (χ1n) is 17.0. The SMILES string of the molecule is CCCC[C@H]1N(C(=O)c2ncccc2C(F)(F)F)CCC[C@@]1(Oc1csc(C(F)(F)F)c1)C(=O)N1Cc2ccc(F)cc2C[C@@H]1CCCCC(=O)O. The summed E-state index contributed by atoms with van der Waals surface area (Å²) in [5.74, 6) is -3.55. The van der Waals surface area contributed by atoms with Gasteiger partial charge >= 0.3 is 18.3 Å². The Hall–Kier alpha value is -4.21. The second-order valence-electron chi connectivity index (χ2n) is 13.1. The molecular formula is C36H38F7N3O5S. The number of likely N-dealkylation sites (tertiary alicyclic amines) is 1. The number of pyridine rings is 1. The van der Waals surface area contributed by atoms with Crippen molar-refractivity contribution in [2.75, 3.05) is 6.54 Å². The number of hydrogen-bond acceptors (Lipinski definition) is 6. The summed E-state index contributed by atoms with van der Waals surface area (Å²) in [4.78, 5) is 46.1. The molecule has 0 unspecified atom stereocenters. The summed E-state index contributed by atoms with van der Waals surface area (Å²) in [6.45, 7) is 1.72. The Morgan fingerprint density at radius 3 is 2.44 bits per heavy atom. The number of halogens is 7. The van der Waals surface area contributed by atoms with Gasteiger partial charge in [0.05, 0.1) is 11.6 Å². The van der Waals surface area contributed by atoms with Crippen LogP contribution in [0, 0.1) is 5.82 Å². The molecule has 0 saturated carbocycles. The van der Waals surface area contributed by atoms with E-state index in [1.807, 2.05) is 6.92 Å². The highest BCUT2D eigenvalue weighted by Gasteiger charge is 2.57. The maximum atomic E-state index is 15.3. The first-order chi connectivity index (χ1) is 24.5. The molecule has 0 aliphatic carbocycles. The number of benzene rings is 1. The second-order valence-corrected chi connectivity index (χ2v) is 14.0. The van der Waals surface area contributed by atoms with Gasteiger partial charge in [-0.2, -0.15) is 26.3 Å². The fourth-order valence-corrected chi connectivity index (χ4v) is 7.89. The van der Waals surface area contributed by atoms with Crippen LogP contribution in [0.15, 0.2) is 48.0 Å². The van der Waals surface area contributed by atoms with Crippen LogP contribution >= 0.6 is 11.3 Å². The van der Waals surface area contributed by atoms with Gasteiger partial charge in [-0.25, -0.2) is 4.39 Å². The molecule has 1 saturated heterocycles. The smallest absolute Gasteiger partial charge is 0.425 e. The van der Waals surface area contributed by atoms with Crippen LogP contribution in [0.3, 0.4) is 0 Å². The van der Waals surface area contributed by atoms with Gasteiger partial charge in [-0.3, -0.25) is 19.4 Å². The third-order valence-electron chi connectivity index (χ3n) is 9.63. The van der Waals surface area contributed by atoms with Crippen LogP contribution in [-0.4, -0.2) is 61.9 Å². The maximum absolute atomic E-state index is 15.3. The number of rotatable bonds is 12. The number of carbonyl (C=O) groups is 3. The minimum absolute atomic E-state index is 0.0481. The lowest BCUT2D eigenvalue weighted by atomic mass is 9.78. The van der Waals surface area contributed by atoms with Crippen LogP contribution < -0.4 is 4.74 Å². The molecule has 0 radical (unpaired) electrons. The van der Waals surface area contributed by atoms with Gasteiger partial charge in [-0.1, -0.05) is 32.3 Å². The number of carboxylic acid groups (broad SMARTS) is 1. The zero-order valence-electron chi connectivity index (χ0n) is 28.2. The van der Waals surface area contributed by atoms with Crippen molar-refractivity contribution < 1.29 is 55.0 Å². The number of carboxylic acids is 1. The second kappa shape index (κ2) is 15.8. The highest BCUT2D eigenvalue weighted by molar-refractivity contribution is 7.10. The quantitative estimate of drug-likeness (QED) is 0.147. The summed E-state index contributed by atoms with van der Waals surface area (Å²) < 4.78 is 104. The summed E-state index contributed by atoms with van der Waals surface area (Å²) in [6.07, 6.45) is -6.60. The average molecular weight is 758 g/mol. The molecule has 16 heteroatoms. The van der Waals surface area contributed by atoms with Gasteiger partial charge in [0.25, 0.3) is 11.8 Å². The van der Waals surface area contributed by atoms with E-state index in [0.29, 0.717) is 48.1 Å². The van der Waals surface area contributed by atoms with Gasteiger partial charge in [0.15, 0.2) is 0 Å². The van der Waals surface area contributed by atoms with Crippen LogP contribution in [-0.2, 0) is 34.9 Å². The number of ether oxygens (including phenoxy) is 1. The third kappa shape index (κ3) is 8.53. The van der Waals surface area contributed by atoms with Crippen LogP contribution in [0.4, 0.5) is 30.7 Å². The van der Waals surface area contributed by atoms with Crippen molar-refractivity contribution in [3.63, 3.8) is 0 Å². The number of piperidine rings is 1. The van der Waals surface area contributed by atoms with Gasteiger partial charge in [0.2, 0.25) is 5.60 Å². The molecular weight excluding hydrogens is 719 g/mol. The molecule has 3 atom stereocenters. The van der Waals surface area contributed by atoms with E-state index in [4.69, 9.17) is 9.84 Å². The highest BCUT2D eigenvalue weighted by atomic mass is 32.1. The molecule has 2 aliphatic rings. The van der Waals surface area contributed by atoms with Gasteiger partial charge in [-0.15, -0.1) is 11.3 Å². The van der Waals surface area contributed by atoms with E-state index >= 15 is 4.79 Å². The maximum Gasteiger partial charge on any atom is 0.425 e. The number of aromatic nitrogens is 1. The van der Waals surface area contributed by atoms with E-state index in [1.165, 1.54) is 23.1 Å². The molecule has 1 fully saturated rings. The predicted octanol–water partition coefficient (Wildman–Crippen LogP) is 8.53. The van der Waals surface area contributed by atoms with Crippen molar-refractivity contribution in [1.29, 1.82) is 0 Å². The van der Waals surface area contributed by atoms with Gasteiger partial charge < -0.3 is 19.6 Å². The third-order valence-corrected chi connectivity index (χ3v) is 10.6. The fourth-order valence-electron chi connectivity index (χ4n) is 7.21. The number of hydrogen-bond donors (Lipinski definition) is 1. The molecule has 282 valence electrons. The van der Waals surface area contributed by atoms with E-state index in [9.17, 15) is 40.3 Å². The summed E-state index contributed by atoms with van der Waals surface area (Å²) in [6, 6.07) is 4.82. The summed E-state index contributed by atoms with van der Waals surface area (Å²) in [5.41, 5.74) is -2.95. The van der Waals surface area contributed by atoms with Crippen LogP contribution in [0.5, 0.6) is 5.75 Å². The molecule has 1 aromatic carbocycles. The topological polar surface area (TPSA) is 100 Å². The van der Waals surface area contributed by atoms with E-state index in [2.05, 4.69) is 4.98 Å². The molecule has 5 rings (SSSR count). The van der Waals surface area contributed by atoms with Crippen molar-refractivity contribution in [2.45, 2.75) is 108 Å². The Kier molecular flexibility index (Phi) is 11.9. The molecule has 0 bridgehead atoms. The lowest BCUT2D eigenvalue weighted by Crippen LogP contribution is -2.69. The number of thiophene rings is 1. The van der Waals surface area contributed by atoms with E-state index in [0.717, 1.165) is 34.7 Å². The van der Waals surface area contributed by atoms with E-state index in [1.54, 1.807) is 0 Å². The summed E-state index contributed by atoms with van der Waals surface area (Å²) in [5, 5.41) is 10.3. The van der Waals surface area contributed by atoms with Crippen molar-refractivity contribution >= 4 is 29.1 Å². The number of carbonyl (C=O) groups excluding carboxylic acids is 2. The predicted molar refractivity (Wildman–Crippen MR) is 176 cm³/mol. The van der Waals surface area contributed by atoms with Crippen molar-refractivity contribution in [2.24, 2.45) is 0 Å². The standard InChI is InChI=1S/C36H38F7N3O5S/c1-2-3-10-28-34(51-26-19-29(52-21-26)36(41,42)43,14-7-16-45(28)32(49)31-27(35(38,39)40)9-6-15-44-31)33(50)46-20-22-12-13-24(37)17-23(22)18-25(46)8-4-5-11-30(47)48/h6,9,12-13,15,17,19,21,25,28H,2-5,7-8,10-11,14,16,18,20H2,1H3,(H,47,48)/t25-,28+,34-/m0/s1. The largest absolute Gasteiger partial charge is 0.481 e. The number of alkyl halides is 6.